The number of rotatable bonds is 4. The molecule has 90 valence electrons. The first kappa shape index (κ1) is 12.0. The van der Waals surface area contributed by atoms with Crippen LogP contribution >= 0.6 is 0 Å². The van der Waals surface area contributed by atoms with Crippen molar-refractivity contribution in [1.82, 2.24) is 4.98 Å². The van der Waals surface area contributed by atoms with Crippen LogP contribution in [0.3, 0.4) is 0 Å². The van der Waals surface area contributed by atoms with Gasteiger partial charge in [0.1, 0.15) is 0 Å². The molecule has 0 aliphatic rings. The smallest absolute Gasteiger partial charge is 0.0702 e. The molecule has 0 bridgehead atoms. The Labute approximate surface area is 102 Å². The summed E-state index contributed by atoms with van der Waals surface area (Å²) < 4.78 is 5.41. The molecule has 1 atom stereocenters. The molecule has 0 radical (unpaired) electrons. The lowest BCUT2D eigenvalue weighted by Crippen LogP contribution is -2.38. The second-order valence-electron chi connectivity index (χ2n) is 4.47. The Bertz CT molecular complexity index is 508. The Morgan fingerprint density at radius 2 is 2.12 bits per heavy atom. The maximum atomic E-state index is 6.25. The van der Waals surface area contributed by atoms with Crippen molar-refractivity contribution in [2.24, 2.45) is 5.73 Å². The molecule has 17 heavy (non-hydrogen) atoms. The SMILES string of the molecule is CCOCC(C)(N)c1cnc2ccccc2c1. The monoisotopic (exact) mass is 230 g/mol. The topological polar surface area (TPSA) is 48.1 Å². The summed E-state index contributed by atoms with van der Waals surface area (Å²) in [6.45, 7) is 5.11. The molecule has 0 saturated carbocycles. The zero-order valence-electron chi connectivity index (χ0n) is 10.3. The highest BCUT2D eigenvalue weighted by atomic mass is 16.5. The summed E-state index contributed by atoms with van der Waals surface area (Å²) in [4.78, 5) is 4.42. The highest BCUT2D eigenvalue weighted by molar-refractivity contribution is 5.78. The van der Waals surface area contributed by atoms with Gasteiger partial charge in [-0.05, 0) is 31.5 Å². The number of hydrogen-bond donors (Lipinski definition) is 1. The molecule has 0 saturated heterocycles. The number of nitrogens with zero attached hydrogens (tertiary/aromatic N) is 1. The largest absolute Gasteiger partial charge is 0.379 e. The van der Waals surface area contributed by atoms with E-state index in [1.807, 2.05) is 44.3 Å². The number of fused-ring (bicyclic) bond motifs is 1. The first-order valence-electron chi connectivity index (χ1n) is 5.85. The number of aromatic nitrogens is 1. The first-order valence-corrected chi connectivity index (χ1v) is 5.85. The van der Waals surface area contributed by atoms with Crippen molar-refractivity contribution >= 4 is 10.9 Å². The van der Waals surface area contributed by atoms with Crippen molar-refractivity contribution in [3.63, 3.8) is 0 Å². The van der Waals surface area contributed by atoms with E-state index in [0.29, 0.717) is 13.2 Å². The van der Waals surface area contributed by atoms with Gasteiger partial charge in [0.2, 0.25) is 0 Å². The van der Waals surface area contributed by atoms with Gasteiger partial charge < -0.3 is 10.5 Å². The molecule has 2 aromatic rings. The number of ether oxygens (including phenoxy) is 1. The number of hydrogen-bond acceptors (Lipinski definition) is 3. The number of para-hydroxylation sites is 1. The van der Waals surface area contributed by atoms with E-state index in [1.54, 1.807) is 0 Å². The van der Waals surface area contributed by atoms with Crippen LogP contribution in [0, 0.1) is 0 Å². The quantitative estimate of drug-likeness (QED) is 0.877. The van der Waals surface area contributed by atoms with E-state index in [-0.39, 0.29) is 0 Å². The van der Waals surface area contributed by atoms with Gasteiger partial charge in [0.05, 0.1) is 17.7 Å². The molecule has 0 aliphatic carbocycles. The van der Waals surface area contributed by atoms with Crippen molar-refractivity contribution < 1.29 is 4.74 Å². The third kappa shape index (κ3) is 2.62. The molecule has 1 aromatic heterocycles. The van der Waals surface area contributed by atoms with Gasteiger partial charge in [0.25, 0.3) is 0 Å². The Kier molecular flexibility index (Phi) is 3.41. The predicted octanol–water partition coefficient (Wildman–Crippen LogP) is 2.45. The van der Waals surface area contributed by atoms with Crippen LogP contribution in [0.25, 0.3) is 10.9 Å². The molecular weight excluding hydrogens is 212 g/mol. The highest BCUT2D eigenvalue weighted by Crippen LogP contribution is 2.21. The Balaban J connectivity index is 2.35. The average molecular weight is 230 g/mol. The molecule has 0 fully saturated rings. The molecule has 0 amide bonds. The first-order chi connectivity index (χ1) is 8.13. The van der Waals surface area contributed by atoms with E-state index in [9.17, 15) is 0 Å². The molecule has 3 heteroatoms. The van der Waals surface area contributed by atoms with Gasteiger partial charge in [-0.15, -0.1) is 0 Å². The van der Waals surface area contributed by atoms with Gasteiger partial charge in [-0.2, -0.15) is 0 Å². The lowest BCUT2D eigenvalue weighted by molar-refractivity contribution is 0.101. The van der Waals surface area contributed by atoms with Crippen LogP contribution in [0.15, 0.2) is 36.5 Å². The van der Waals surface area contributed by atoms with Crippen LogP contribution in [0.2, 0.25) is 0 Å². The van der Waals surface area contributed by atoms with E-state index in [0.717, 1.165) is 16.5 Å². The highest BCUT2D eigenvalue weighted by Gasteiger charge is 2.21. The molecule has 0 spiro atoms. The van der Waals surface area contributed by atoms with E-state index >= 15 is 0 Å². The van der Waals surface area contributed by atoms with Crippen LogP contribution in [0.5, 0.6) is 0 Å². The molecule has 1 heterocycles. The molecule has 1 aromatic carbocycles. The minimum Gasteiger partial charge on any atom is -0.379 e. The summed E-state index contributed by atoms with van der Waals surface area (Å²) in [5.74, 6) is 0. The van der Waals surface area contributed by atoms with Gasteiger partial charge >= 0.3 is 0 Å². The van der Waals surface area contributed by atoms with Crippen molar-refractivity contribution in [2.75, 3.05) is 13.2 Å². The second-order valence-corrected chi connectivity index (χ2v) is 4.47. The second kappa shape index (κ2) is 4.82. The number of nitrogens with two attached hydrogens (primary N) is 1. The molecular formula is C14H18N2O. The Hall–Kier alpha value is -1.45. The normalized spacial score (nSPS) is 14.8. The average Bonchev–Trinajstić information content (AvgIpc) is 2.36. The Morgan fingerprint density at radius 3 is 2.88 bits per heavy atom. The van der Waals surface area contributed by atoms with Crippen LogP contribution in [-0.2, 0) is 10.3 Å². The summed E-state index contributed by atoms with van der Waals surface area (Å²) >= 11 is 0. The van der Waals surface area contributed by atoms with Crippen molar-refractivity contribution in [3.8, 4) is 0 Å². The summed E-state index contributed by atoms with van der Waals surface area (Å²) in [5.41, 5.74) is 7.75. The molecule has 3 nitrogen and oxygen atoms in total. The third-order valence-corrected chi connectivity index (χ3v) is 2.86. The lowest BCUT2D eigenvalue weighted by atomic mass is 9.94. The predicted molar refractivity (Wildman–Crippen MR) is 69.8 cm³/mol. The zero-order chi connectivity index (χ0) is 12.3. The summed E-state index contributed by atoms with van der Waals surface area (Å²) in [7, 11) is 0. The molecule has 2 N–H and O–H groups in total. The summed E-state index contributed by atoms with van der Waals surface area (Å²) in [6.07, 6.45) is 1.83. The summed E-state index contributed by atoms with van der Waals surface area (Å²) in [5, 5.41) is 1.11. The van der Waals surface area contributed by atoms with Gasteiger partial charge in [0, 0.05) is 18.2 Å². The van der Waals surface area contributed by atoms with E-state index < -0.39 is 5.54 Å². The van der Waals surface area contributed by atoms with Gasteiger partial charge in [-0.3, -0.25) is 4.98 Å². The van der Waals surface area contributed by atoms with E-state index in [2.05, 4.69) is 11.1 Å². The maximum Gasteiger partial charge on any atom is 0.0702 e. The van der Waals surface area contributed by atoms with E-state index in [4.69, 9.17) is 10.5 Å². The lowest BCUT2D eigenvalue weighted by Gasteiger charge is -2.24. The van der Waals surface area contributed by atoms with Crippen LogP contribution in [0.1, 0.15) is 19.4 Å². The minimum absolute atomic E-state index is 0.493. The maximum absolute atomic E-state index is 6.25. The third-order valence-electron chi connectivity index (χ3n) is 2.86. The standard InChI is InChI=1S/C14H18N2O/c1-3-17-10-14(2,15)12-8-11-6-4-5-7-13(11)16-9-12/h4-9H,3,10,15H2,1-2H3. The van der Waals surface area contributed by atoms with Crippen LogP contribution in [0.4, 0.5) is 0 Å². The number of pyridine rings is 1. The Morgan fingerprint density at radius 1 is 1.35 bits per heavy atom. The molecule has 0 aliphatic heterocycles. The van der Waals surface area contributed by atoms with Crippen LogP contribution in [-0.4, -0.2) is 18.2 Å². The van der Waals surface area contributed by atoms with E-state index in [1.165, 1.54) is 0 Å². The van der Waals surface area contributed by atoms with Crippen LogP contribution < -0.4 is 5.73 Å². The molecule has 2 rings (SSSR count). The fraction of sp³-hybridized carbons (Fsp3) is 0.357. The van der Waals surface area contributed by atoms with Crippen molar-refractivity contribution in [3.05, 3.63) is 42.1 Å². The van der Waals surface area contributed by atoms with Crippen molar-refractivity contribution in [1.29, 1.82) is 0 Å². The fourth-order valence-corrected chi connectivity index (χ4v) is 1.78. The summed E-state index contributed by atoms with van der Waals surface area (Å²) in [6, 6.07) is 10.1. The molecule has 1 unspecified atom stereocenters. The van der Waals surface area contributed by atoms with Gasteiger partial charge in [0.15, 0.2) is 0 Å². The minimum atomic E-state index is -0.493. The van der Waals surface area contributed by atoms with Gasteiger partial charge in [-0.25, -0.2) is 0 Å². The van der Waals surface area contributed by atoms with Gasteiger partial charge in [-0.1, -0.05) is 18.2 Å². The van der Waals surface area contributed by atoms with Crippen molar-refractivity contribution in [2.45, 2.75) is 19.4 Å². The zero-order valence-corrected chi connectivity index (χ0v) is 10.3. The fourth-order valence-electron chi connectivity index (χ4n) is 1.78. The number of benzene rings is 1.